The molecule has 0 saturated heterocycles. The molecule has 0 aliphatic rings. The smallest absolute Gasteiger partial charge is 0.259 e. The van der Waals surface area contributed by atoms with Gasteiger partial charge in [-0.25, -0.2) is 9.82 Å². The fourth-order valence-corrected chi connectivity index (χ4v) is 1.92. The Balaban J connectivity index is 1.78. The number of amides is 2. The number of halogens is 2. The van der Waals surface area contributed by atoms with Crippen molar-refractivity contribution in [3.8, 4) is 0 Å². The van der Waals surface area contributed by atoms with Crippen molar-refractivity contribution in [2.45, 2.75) is 0 Å². The van der Waals surface area contributed by atoms with Crippen LogP contribution in [-0.2, 0) is 4.79 Å². The normalized spacial score (nSPS) is 10.5. The molecule has 0 aliphatic carbocycles. The average molecular weight is 378 g/mol. The van der Waals surface area contributed by atoms with Crippen molar-refractivity contribution in [3.63, 3.8) is 0 Å². The highest BCUT2D eigenvalue weighted by Crippen LogP contribution is 2.08. The van der Waals surface area contributed by atoms with Crippen LogP contribution in [0.3, 0.4) is 0 Å². The van der Waals surface area contributed by atoms with Crippen LogP contribution in [0, 0.1) is 5.82 Å². The molecule has 2 N–H and O–H groups in total. The van der Waals surface area contributed by atoms with Crippen molar-refractivity contribution in [3.05, 3.63) is 69.9 Å². The maximum absolute atomic E-state index is 13.0. The Morgan fingerprint density at radius 1 is 1.17 bits per heavy atom. The van der Waals surface area contributed by atoms with E-state index in [4.69, 9.17) is 0 Å². The number of hydrazone groups is 1. The summed E-state index contributed by atoms with van der Waals surface area (Å²) < 4.78 is 13.9. The predicted molar refractivity (Wildman–Crippen MR) is 88.6 cm³/mol. The highest BCUT2D eigenvalue weighted by molar-refractivity contribution is 9.10. The van der Waals surface area contributed by atoms with Gasteiger partial charge in [-0.1, -0.05) is 34.1 Å². The Labute approximate surface area is 140 Å². The molecule has 0 radical (unpaired) electrons. The SMILES string of the molecule is O=C(CNC(=O)c1cccc(F)c1)N/N=C/c1ccc(Br)cc1. The van der Waals surface area contributed by atoms with E-state index in [0.717, 1.165) is 16.1 Å². The van der Waals surface area contributed by atoms with Gasteiger partial charge in [0, 0.05) is 10.0 Å². The van der Waals surface area contributed by atoms with Crippen LogP contribution >= 0.6 is 15.9 Å². The second-order valence-corrected chi connectivity index (χ2v) is 5.45. The minimum Gasteiger partial charge on any atom is -0.343 e. The third kappa shape index (κ3) is 5.63. The molecule has 2 aromatic carbocycles. The number of nitrogens with zero attached hydrogens (tertiary/aromatic N) is 1. The Morgan fingerprint density at radius 2 is 1.91 bits per heavy atom. The van der Waals surface area contributed by atoms with Crippen LogP contribution < -0.4 is 10.7 Å². The molecular formula is C16H13BrFN3O2. The van der Waals surface area contributed by atoms with Gasteiger partial charge in [-0.2, -0.15) is 5.10 Å². The van der Waals surface area contributed by atoms with Gasteiger partial charge in [0.15, 0.2) is 0 Å². The fraction of sp³-hybridized carbons (Fsp3) is 0.0625. The van der Waals surface area contributed by atoms with Gasteiger partial charge in [0.2, 0.25) is 0 Å². The Kier molecular flexibility index (Phi) is 5.99. The lowest BCUT2D eigenvalue weighted by Gasteiger charge is -2.04. The first-order valence-electron chi connectivity index (χ1n) is 6.66. The number of carbonyl (C=O) groups is 2. The summed E-state index contributed by atoms with van der Waals surface area (Å²) >= 11 is 3.32. The summed E-state index contributed by atoms with van der Waals surface area (Å²) in [4.78, 5) is 23.3. The second-order valence-electron chi connectivity index (χ2n) is 4.54. The molecule has 0 unspecified atom stereocenters. The molecule has 0 fully saturated rings. The molecule has 2 amide bonds. The van der Waals surface area contributed by atoms with Crippen LogP contribution in [0.4, 0.5) is 4.39 Å². The first-order chi connectivity index (χ1) is 11.0. The Bertz CT molecular complexity index is 732. The van der Waals surface area contributed by atoms with Gasteiger partial charge < -0.3 is 5.32 Å². The molecule has 0 heterocycles. The van der Waals surface area contributed by atoms with E-state index in [1.165, 1.54) is 24.4 Å². The zero-order valence-corrected chi connectivity index (χ0v) is 13.5. The largest absolute Gasteiger partial charge is 0.343 e. The highest BCUT2D eigenvalue weighted by atomic mass is 79.9. The van der Waals surface area contributed by atoms with Gasteiger partial charge in [0.25, 0.3) is 11.8 Å². The summed E-state index contributed by atoms with van der Waals surface area (Å²) in [6, 6.07) is 12.6. The van der Waals surface area contributed by atoms with Crippen molar-refractivity contribution < 1.29 is 14.0 Å². The van der Waals surface area contributed by atoms with Gasteiger partial charge in [-0.3, -0.25) is 9.59 Å². The molecule has 118 valence electrons. The van der Waals surface area contributed by atoms with Crippen LogP contribution in [0.5, 0.6) is 0 Å². The molecule has 0 saturated carbocycles. The molecule has 0 atom stereocenters. The predicted octanol–water partition coefficient (Wildman–Crippen LogP) is 2.47. The van der Waals surface area contributed by atoms with Gasteiger partial charge >= 0.3 is 0 Å². The summed E-state index contributed by atoms with van der Waals surface area (Å²) in [5, 5.41) is 6.17. The molecule has 2 rings (SSSR count). The summed E-state index contributed by atoms with van der Waals surface area (Å²) in [5.41, 5.74) is 3.26. The van der Waals surface area contributed by atoms with E-state index in [1.54, 1.807) is 0 Å². The number of hydrogen-bond donors (Lipinski definition) is 2. The van der Waals surface area contributed by atoms with Gasteiger partial charge in [0.1, 0.15) is 5.82 Å². The van der Waals surface area contributed by atoms with Gasteiger partial charge in [-0.05, 0) is 35.9 Å². The highest BCUT2D eigenvalue weighted by Gasteiger charge is 2.08. The summed E-state index contributed by atoms with van der Waals surface area (Å²) in [6.07, 6.45) is 1.48. The number of hydrogen-bond acceptors (Lipinski definition) is 3. The van der Waals surface area contributed by atoms with E-state index in [9.17, 15) is 14.0 Å². The molecule has 7 heteroatoms. The number of carbonyl (C=O) groups excluding carboxylic acids is 2. The molecular weight excluding hydrogens is 365 g/mol. The van der Waals surface area contributed by atoms with E-state index in [-0.39, 0.29) is 12.1 Å². The molecule has 0 aromatic heterocycles. The zero-order valence-electron chi connectivity index (χ0n) is 11.9. The van der Waals surface area contributed by atoms with E-state index < -0.39 is 17.6 Å². The van der Waals surface area contributed by atoms with E-state index in [0.29, 0.717) is 0 Å². The first-order valence-corrected chi connectivity index (χ1v) is 7.45. The lowest BCUT2D eigenvalue weighted by Crippen LogP contribution is -2.34. The number of benzene rings is 2. The molecule has 5 nitrogen and oxygen atoms in total. The van der Waals surface area contributed by atoms with Crippen LogP contribution in [0.2, 0.25) is 0 Å². The van der Waals surface area contributed by atoms with Gasteiger partial charge in [0.05, 0.1) is 12.8 Å². The fourth-order valence-electron chi connectivity index (χ4n) is 1.66. The molecule has 23 heavy (non-hydrogen) atoms. The van der Waals surface area contributed by atoms with Crippen LogP contribution in [0.1, 0.15) is 15.9 Å². The Hall–Kier alpha value is -2.54. The van der Waals surface area contributed by atoms with E-state index >= 15 is 0 Å². The lowest BCUT2D eigenvalue weighted by molar-refractivity contribution is -0.120. The maximum Gasteiger partial charge on any atom is 0.259 e. The summed E-state index contributed by atoms with van der Waals surface area (Å²) in [7, 11) is 0. The minimum absolute atomic E-state index is 0.149. The molecule has 2 aromatic rings. The summed E-state index contributed by atoms with van der Waals surface area (Å²) in [6.45, 7) is -0.257. The zero-order chi connectivity index (χ0) is 16.7. The summed E-state index contributed by atoms with van der Waals surface area (Å²) in [5.74, 6) is -1.53. The number of rotatable bonds is 5. The monoisotopic (exact) mass is 377 g/mol. The van der Waals surface area contributed by atoms with Crippen LogP contribution in [0.25, 0.3) is 0 Å². The topological polar surface area (TPSA) is 70.6 Å². The van der Waals surface area contributed by atoms with E-state index in [2.05, 4.69) is 31.8 Å². The minimum atomic E-state index is -0.531. The van der Waals surface area contributed by atoms with E-state index in [1.807, 2.05) is 24.3 Å². The second kappa shape index (κ2) is 8.19. The van der Waals surface area contributed by atoms with Crippen molar-refractivity contribution in [2.24, 2.45) is 5.10 Å². The van der Waals surface area contributed by atoms with Crippen molar-refractivity contribution in [1.82, 2.24) is 10.7 Å². The molecule has 0 bridgehead atoms. The van der Waals surface area contributed by atoms with Crippen LogP contribution in [-0.4, -0.2) is 24.6 Å². The maximum atomic E-state index is 13.0. The first kappa shape index (κ1) is 16.8. The quantitative estimate of drug-likeness (QED) is 0.620. The Morgan fingerprint density at radius 3 is 2.61 bits per heavy atom. The average Bonchev–Trinajstić information content (AvgIpc) is 2.54. The third-order valence-electron chi connectivity index (χ3n) is 2.77. The third-order valence-corrected chi connectivity index (χ3v) is 3.30. The molecule has 0 aliphatic heterocycles. The van der Waals surface area contributed by atoms with Crippen molar-refractivity contribution in [1.29, 1.82) is 0 Å². The van der Waals surface area contributed by atoms with Crippen LogP contribution in [0.15, 0.2) is 58.1 Å². The standard InChI is InChI=1S/C16H13BrFN3O2/c17-13-6-4-11(5-7-13)9-20-21-15(22)10-19-16(23)12-2-1-3-14(18)8-12/h1-9H,10H2,(H,19,23)(H,21,22)/b20-9+. The molecule has 0 spiro atoms. The van der Waals surface area contributed by atoms with Crippen molar-refractivity contribution >= 4 is 34.0 Å². The lowest BCUT2D eigenvalue weighted by atomic mass is 10.2. The number of nitrogens with one attached hydrogen (secondary N) is 2. The van der Waals surface area contributed by atoms with Crippen molar-refractivity contribution in [2.75, 3.05) is 6.54 Å². The van der Waals surface area contributed by atoms with Gasteiger partial charge in [-0.15, -0.1) is 0 Å².